The number of rotatable bonds is 5. The number of hydrogen-bond donors (Lipinski definition) is 1. The first-order chi connectivity index (χ1) is 16.0. The van der Waals surface area contributed by atoms with E-state index in [1.807, 2.05) is 6.26 Å². The normalized spacial score (nSPS) is 23.5. The highest BCUT2D eigenvalue weighted by atomic mass is 32.2. The zero-order chi connectivity index (χ0) is 24.7. The van der Waals surface area contributed by atoms with Crippen LogP contribution in [0.5, 0.6) is 0 Å². The van der Waals surface area contributed by atoms with Crippen LogP contribution in [-0.4, -0.2) is 61.6 Å². The van der Waals surface area contributed by atoms with Gasteiger partial charge in [0.15, 0.2) is 5.16 Å². The topological polar surface area (TPSA) is 88.3 Å². The molecule has 2 aromatic heterocycles. The van der Waals surface area contributed by atoms with Crippen molar-refractivity contribution in [2.24, 2.45) is 11.3 Å². The lowest BCUT2D eigenvalue weighted by atomic mass is 9.65. The first-order valence-corrected chi connectivity index (χ1v) is 12.7. The summed E-state index contributed by atoms with van der Waals surface area (Å²) in [6.45, 7) is 1.71. The molecule has 34 heavy (non-hydrogen) atoms. The van der Waals surface area contributed by atoms with Crippen molar-refractivity contribution in [2.75, 3.05) is 19.3 Å². The van der Waals surface area contributed by atoms with Gasteiger partial charge in [-0.15, -0.1) is 0 Å². The van der Waals surface area contributed by atoms with Gasteiger partial charge in [-0.25, -0.2) is 9.97 Å². The van der Waals surface area contributed by atoms with Crippen molar-refractivity contribution in [3.05, 3.63) is 28.8 Å². The Morgan fingerprint density at radius 3 is 2.65 bits per heavy atom. The molecular weight excluding hydrogens is 469 g/mol. The molecule has 2 aromatic rings. The summed E-state index contributed by atoms with van der Waals surface area (Å²) in [7, 11) is 0. The van der Waals surface area contributed by atoms with Crippen LogP contribution in [0.1, 0.15) is 45.4 Å². The molecule has 2 fully saturated rings. The molecule has 7 nitrogen and oxygen atoms in total. The monoisotopic (exact) mass is 498 g/mol. The van der Waals surface area contributed by atoms with E-state index in [4.69, 9.17) is 0 Å². The second-order valence-electron chi connectivity index (χ2n) is 9.65. The van der Waals surface area contributed by atoms with Crippen LogP contribution in [0.2, 0.25) is 0 Å². The van der Waals surface area contributed by atoms with Crippen molar-refractivity contribution >= 4 is 28.6 Å². The van der Waals surface area contributed by atoms with Crippen molar-refractivity contribution < 1.29 is 23.1 Å². The Kier molecular flexibility index (Phi) is 6.71. The first-order valence-electron chi connectivity index (χ1n) is 11.5. The minimum Gasteiger partial charge on any atom is -0.387 e. The molecular formula is C23H29F3N4O3S. The number of aromatic nitrogens is 3. The maximum atomic E-state index is 13.1. The third kappa shape index (κ3) is 4.68. The summed E-state index contributed by atoms with van der Waals surface area (Å²) in [5, 5.41) is 12.8. The zero-order valence-corrected chi connectivity index (χ0v) is 20.1. The lowest BCUT2D eigenvalue weighted by Crippen LogP contribution is -2.62. The number of fused-ring (bicyclic) bond motifs is 1. The largest absolute Gasteiger partial charge is 0.389 e. The van der Waals surface area contributed by atoms with Crippen molar-refractivity contribution in [3.63, 3.8) is 0 Å². The molecule has 0 radical (unpaired) electrons. The molecule has 1 spiro atoms. The van der Waals surface area contributed by atoms with Gasteiger partial charge in [-0.3, -0.25) is 9.59 Å². The smallest absolute Gasteiger partial charge is 0.387 e. The van der Waals surface area contributed by atoms with E-state index >= 15 is 0 Å². The Morgan fingerprint density at radius 1 is 1.29 bits per heavy atom. The molecule has 1 saturated heterocycles. The van der Waals surface area contributed by atoms with Crippen LogP contribution in [0.3, 0.4) is 0 Å². The van der Waals surface area contributed by atoms with Crippen LogP contribution in [0.15, 0.2) is 28.4 Å². The number of carbonyl (C=O) groups is 1. The van der Waals surface area contributed by atoms with E-state index in [1.165, 1.54) is 34.3 Å². The highest BCUT2D eigenvalue weighted by Gasteiger charge is 2.56. The summed E-state index contributed by atoms with van der Waals surface area (Å²) in [6.07, 6.45) is 2.62. The van der Waals surface area contributed by atoms with Crippen LogP contribution >= 0.6 is 11.8 Å². The number of nitrogens with zero attached hydrogens (tertiary/aromatic N) is 4. The van der Waals surface area contributed by atoms with Gasteiger partial charge in [0, 0.05) is 36.8 Å². The predicted molar refractivity (Wildman–Crippen MR) is 122 cm³/mol. The Balaban J connectivity index is 1.60. The van der Waals surface area contributed by atoms with Gasteiger partial charge in [0.2, 0.25) is 5.91 Å². The van der Waals surface area contributed by atoms with E-state index in [1.54, 1.807) is 12.3 Å². The molecule has 1 N–H and O–H groups in total. The predicted octanol–water partition coefficient (Wildman–Crippen LogP) is 3.63. The molecule has 186 valence electrons. The lowest BCUT2D eigenvalue weighted by molar-refractivity contribution is -0.172. The van der Waals surface area contributed by atoms with Gasteiger partial charge in [0.1, 0.15) is 0 Å². The highest BCUT2D eigenvalue weighted by molar-refractivity contribution is 7.98. The number of aliphatic hydroxyl groups is 1. The third-order valence-electron chi connectivity index (χ3n) is 7.42. The van der Waals surface area contributed by atoms with Crippen LogP contribution in [-0.2, 0) is 11.3 Å². The standard InChI is InChI=1S/C23H29F3N4O3S/c1-15(11-23(24,25)26)18(31)30-10-8-22(33,21(13-30)6-3-4-7-21)14-29-9-5-17-16(19(29)32)12-27-20(28-17)34-2/h5,9,12,15,33H,3-4,6-8,10-11,13-14H2,1-2H3/t15-,22?/m1/s1. The zero-order valence-electron chi connectivity index (χ0n) is 19.3. The van der Waals surface area contributed by atoms with Crippen LogP contribution in [0.25, 0.3) is 10.9 Å². The maximum absolute atomic E-state index is 13.1. The van der Waals surface area contributed by atoms with Gasteiger partial charge in [-0.1, -0.05) is 31.5 Å². The van der Waals surface area contributed by atoms with Gasteiger partial charge in [0.05, 0.1) is 29.5 Å². The summed E-state index contributed by atoms with van der Waals surface area (Å²) in [5.41, 5.74) is -1.69. The number of amides is 1. The molecule has 2 atom stereocenters. The number of alkyl halides is 3. The van der Waals surface area contributed by atoms with E-state index < -0.39 is 35.4 Å². The number of carbonyl (C=O) groups excluding carboxylic acids is 1. The fourth-order valence-electron chi connectivity index (χ4n) is 5.59. The van der Waals surface area contributed by atoms with Gasteiger partial charge in [0.25, 0.3) is 5.56 Å². The molecule has 3 heterocycles. The molecule has 1 aliphatic carbocycles. The Morgan fingerprint density at radius 2 is 2.00 bits per heavy atom. The molecule has 1 amide bonds. The fraction of sp³-hybridized carbons (Fsp3) is 0.652. The summed E-state index contributed by atoms with van der Waals surface area (Å²) in [4.78, 5) is 36.0. The Hall–Kier alpha value is -2.14. The van der Waals surface area contributed by atoms with Gasteiger partial charge in [-0.2, -0.15) is 13.2 Å². The molecule has 11 heteroatoms. The Bertz CT molecular complexity index is 1130. The molecule has 0 bridgehead atoms. The van der Waals surface area contributed by atoms with Crippen LogP contribution in [0.4, 0.5) is 13.2 Å². The second-order valence-corrected chi connectivity index (χ2v) is 10.4. The summed E-state index contributed by atoms with van der Waals surface area (Å²) < 4.78 is 40.0. The number of thioether (sulfide) groups is 1. The molecule has 2 aliphatic rings. The number of piperidine rings is 1. The Labute approximate surface area is 199 Å². The first kappa shape index (κ1) is 25.0. The summed E-state index contributed by atoms with van der Waals surface area (Å²) in [5.74, 6) is -1.70. The summed E-state index contributed by atoms with van der Waals surface area (Å²) >= 11 is 1.38. The van der Waals surface area contributed by atoms with E-state index in [0.717, 1.165) is 12.8 Å². The molecule has 0 aromatic carbocycles. The average Bonchev–Trinajstić information content (AvgIpc) is 3.26. The average molecular weight is 499 g/mol. The lowest BCUT2D eigenvalue weighted by Gasteiger charge is -2.52. The van der Waals surface area contributed by atoms with Crippen molar-refractivity contribution in [3.8, 4) is 0 Å². The number of likely N-dealkylation sites (tertiary alicyclic amines) is 1. The fourth-order valence-corrected chi connectivity index (χ4v) is 5.94. The van der Waals surface area contributed by atoms with Gasteiger partial charge >= 0.3 is 6.18 Å². The van der Waals surface area contributed by atoms with Gasteiger partial charge in [-0.05, 0) is 31.6 Å². The minimum atomic E-state index is -4.41. The third-order valence-corrected chi connectivity index (χ3v) is 7.98. The van der Waals surface area contributed by atoms with E-state index in [9.17, 15) is 27.9 Å². The number of pyridine rings is 1. The van der Waals surface area contributed by atoms with Gasteiger partial charge < -0.3 is 14.6 Å². The molecule has 1 aliphatic heterocycles. The number of halogens is 3. The quantitative estimate of drug-likeness (QED) is 0.501. The van der Waals surface area contributed by atoms with E-state index in [2.05, 4.69) is 9.97 Å². The van der Waals surface area contributed by atoms with E-state index in [-0.39, 0.29) is 31.6 Å². The summed E-state index contributed by atoms with van der Waals surface area (Å²) in [6, 6.07) is 1.72. The molecule has 4 rings (SSSR count). The number of hydrogen-bond acceptors (Lipinski definition) is 6. The highest BCUT2D eigenvalue weighted by Crippen LogP contribution is 2.51. The van der Waals surface area contributed by atoms with Crippen molar-refractivity contribution in [2.45, 2.75) is 68.9 Å². The van der Waals surface area contributed by atoms with E-state index in [0.29, 0.717) is 28.9 Å². The SMILES string of the molecule is CSc1ncc2c(=O)n(CC3(O)CCN(C(=O)[C@H](C)CC(F)(F)F)CC34CCCC4)ccc2n1. The second kappa shape index (κ2) is 9.14. The van der Waals surface area contributed by atoms with Crippen LogP contribution < -0.4 is 5.56 Å². The molecule has 1 unspecified atom stereocenters. The maximum Gasteiger partial charge on any atom is 0.389 e. The van der Waals surface area contributed by atoms with Crippen molar-refractivity contribution in [1.82, 2.24) is 19.4 Å². The van der Waals surface area contributed by atoms with Crippen LogP contribution in [0, 0.1) is 11.3 Å². The van der Waals surface area contributed by atoms with Crippen molar-refractivity contribution in [1.29, 1.82) is 0 Å². The molecule has 1 saturated carbocycles. The minimum absolute atomic E-state index is 0.0478.